The fourth-order valence-corrected chi connectivity index (χ4v) is 2.98. The monoisotopic (exact) mass is 417 g/mol. The van der Waals surface area contributed by atoms with Crippen LogP contribution >= 0.6 is 0 Å². The number of benzene rings is 3. The van der Waals surface area contributed by atoms with Gasteiger partial charge in [0.25, 0.3) is 5.91 Å². The summed E-state index contributed by atoms with van der Waals surface area (Å²) in [6.07, 6.45) is 1.65. The van der Waals surface area contributed by atoms with Crippen LogP contribution in [0.4, 0.5) is 0 Å². The van der Waals surface area contributed by atoms with Gasteiger partial charge in [0.2, 0.25) is 0 Å². The quantitative estimate of drug-likeness (QED) is 0.451. The highest BCUT2D eigenvalue weighted by atomic mass is 16.5. The maximum atomic E-state index is 12.5. The van der Waals surface area contributed by atoms with E-state index in [4.69, 9.17) is 14.2 Å². The first-order chi connectivity index (χ1) is 15.2. The van der Waals surface area contributed by atoms with Gasteiger partial charge in [0.15, 0.2) is 11.5 Å². The highest BCUT2D eigenvalue weighted by Gasteiger charge is 2.11. The van der Waals surface area contributed by atoms with E-state index in [1.807, 2.05) is 54.6 Å². The van der Waals surface area contributed by atoms with Crippen molar-refractivity contribution >= 4 is 5.91 Å². The second-order valence-corrected chi connectivity index (χ2v) is 6.94. The minimum absolute atomic E-state index is 0.177. The van der Waals surface area contributed by atoms with Gasteiger partial charge in [0.05, 0.1) is 20.3 Å². The number of ether oxygens (including phenoxy) is 3. The normalized spacial score (nSPS) is 10.4. The molecular formula is C26H27NO4. The van der Waals surface area contributed by atoms with Crippen molar-refractivity contribution in [1.29, 1.82) is 0 Å². The molecule has 0 heterocycles. The summed E-state index contributed by atoms with van der Waals surface area (Å²) in [4.78, 5) is 12.5. The van der Waals surface area contributed by atoms with E-state index in [-0.39, 0.29) is 5.91 Å². The van der Waals surface area contributed by atoms with Crippen LogP contribution in [0.2, 0.25) is 0 Å². The molecule has 3 aromatic carbocycles. The van der Waals surface area contributed by atoms with Crippen LogP contribution in [0.5, 0.6) is 11.5 Å². The Bertz CT molecular complexity index is 984. The molecular weight excluding hydrogens is 390 g/mol. The SMILES string of the molecule is C=CCOc1ccc(C(=O)NCc2ccc(COCc3ccccc3)cc2)cc1OC. The van der Waals surface area contributed by atoms with Gasteiger partial charge >= 0.3 is 0 Å². The first-order valence-corrected chi connectivity index (χ1v) is 10.1. The zero-order valence-corrected chi connectivity index (χ0v) is 17.7. The van der Waals surface area contributed by atoms with Crippen LogP contribution in [-0.4, -0.2) is 19.6 Å². The van der Waals surface area contributed by atoms with Crippen molar-refractivity contribution in [3.8, 4) is 11.5 Å². The molecule has 0 aliphatic heterocycles. The molecule has 1 amide bonds. The molecule has 0 aromatic heterocycles. The van der Waals surface area contributed by atoms with E-state index < -0.39 is 0 Å². The van der Waals surface area contributed by atoms with Crippen molar-refractivity contribution in [2.24, 2.45) is 0 Å². The molecule has 0 saturated carbocycles. The minimum Gasteiger partial charge on any atom is -0.493 e. The third-order valence-electron chi connectivity index (χ3n) is 4.64. The van der Waals surface area contributed by atoms with Gasteiger partial charge in [-0.3, -0.25) is 4.79 Å². The standard InChI is InChI=1S/C26H27NO4/c1-3-15-31-24-14-13-23(16-25(24)29-2)26(28)27-17-20-9-11-22(12-10-20)19-30-18-21-7-5-4-6-8-21/h3-14,16H,1,15,17-19H2,2H3,(H,27,28). The van der Waals surface area contributed by atoms with Gasteiger partial charge in [0.1, 0.15) is 6.61 Å². The van der Waals surface area contributed by atoms with Crippen LogP contribution in [0.1, 0.15) is 27.0 Å². The minimum atomic E-state index is -0.177. The molecule has 1 N–H and O–H groups in total. The summed E-state index contributed by atoms with van der Waals surface area (Å²) < 4.78 is 16.6. The molecule has 0 fully saturated rings. The third-order valence-corrected chi connectivity index (χ3v) is 4.64. The molecule has 3 rings (SSSR count). The Hall–Kier alpha value is -3.57. The van der Waals surface area contributed by atoms with Gasteiger partial charge in [-0.25, -0.2) is 0 Å². The summed E-state index contributed by atoms with van der Waals surface area (Å²) in [6.45, 7) is 5.55. The molecule has 5 nitrogen and oxygen atoms in total. The van der Waals surface area contributed by atoms with Gasteiger partial charge in [-0.15, -0.1) is 0 Å². The fourth-order valence-electron chi connectivity index (χ4n) is 2.98. The summed E-state index contributed by atoms with van der Waals surface area (Å²) in [5, 5.41) is 2.93. The fraction of sp³-hybridized carbons (Fsp3) is 0.192. The average Bonchev–Trinajstić information content (AvgIpc) is 2.82. The van der Waals surface area contributed by atoms with Crippen molar-refractivity contribution < 1.29 is 19.0 Å². The van der Waals surface area contributed by atoms with Gasteiger partial charge < -0.3 is 19.5 Å². The largest absolute Gasteiger partial charge is 0.493 e. The summed E-state index contributed by atoms with van der Waals surface area (Å²) in [6, 6.07) is 23.2. The lowest BCUT2D eigenvalue weighted by Gasteiger charge is -2.11. The van der Waals surface area contributed by atoms with Crippen LogP contribution < -0.4 is 14.8 Å². The summed E-state index contributed by atoms with van der Waals surface area (Å²) in [7, 11) is 1.54. The summed E-state index contributed by atoms with van der Waals surface area (Å²) in [5.41, 5.74) is 3.76. The maximum absolute atomic E-state index is 12.5. The second-order valence-electron chi connectivity index (χ2n) is 6.94. The molecule has 0 saturated heterocycles. The van der Waals surface area contributed by atoms with Crippen LogP contribution in [0.3, 0.4) is 0 Å². The summed E-state index contributed by atoms with van der Waals surface area (Å²) in [5.74, 6) is 0.905. The van der Waals surface area contributed by atoms with Crippen molar-refractivity contribution in [3.05, 3.63) is 108 Å². The zero-order valence-electron chi connectivity index (χ0n) is 17.7. The maximum Gasteiger partial charge on any atom is 0.251 e. The number of carbonyl (C=O) groups excluding carboxylic acids is 1. The highest BCUT2D eigenvalue weighted by molar-refractivity contribution is 5.94. The van der Waals surface area contributed by atoms with Crippen molar-refractivity contribution in [2.45, 2.75) is 19.8 Å². The Morgan fingerprint density at radius 2 is 1.58 bits per heavy atom. The zero-order chi connectivity index (χ0) is 21.9. The van der Waals surface area contributed by atoms with E-state index >= 15 is 0 Å². The number of carbonyl (C=O) groups is 1. The first-order valence-electron chi connectivity index (χ1n) is 10.1. The molecule has 5 heteroatoms. The third kappa shape index (κ3) is 6.73. The number of methoxy groups -OCH3 is 1. The van der Waals surface area contributed by atoms with Crippen molar-refractivity contribution in [2.75, 3.05) is 13.7 Å². The van der Waals surface area contributed by atoms with Crippen LogP contribution in [-0.2, 0) is 24.5 Å². The Balaban J connectivity index is 1.49. The number of rotatable bonds is 11. The average molecular weight is 418 g/mol. The van der Waals surface area contributed by atoms with E-state index in [0.717, 1.165) is 16.7 Å². The Labute approximate surface area is 183 Å². The topological polar surface area (TPSA) is 56.8 Å². The Morgan fingerprint density at radius 3 is 2.26 bits per heavy atom. The Kier molecular flexibility index (Phi) is 8.26. The number of hydrogen-bond acceptors (Lipinski definition) is 4. The van der Waals surface area contributed by atoms with Crippen LogP contribution in [0.15, 0.2) is 85.5 Å². The van der Waals surface area contributed by atoms with E-state index in [1.165, 1.54) is 0 Å². The van der Waals surface area contributed by atoms with Crippen molar-refractivity contribution in [1.82, 2.24) is 5.32 Å². The Morgan fingerprint density at radius 1 is 0.903 bits per heavy atom. The molecule has 0 aliphatic rings. The molecule has 3 aromatic rings. The highest BCUT2D eigenvalue weighted by Crippen LogP contribution is 2.28. The molecule has 0 bridgehead atoms. The van der Waals surface area contributed by atoms with Gasteiger partial charge in [-0.1, -0.05) is 67.3 Å². The van der Waals surface area contributed by atoms with E-state index in [9.17, 15) is 4.79 Å². The number of amides is 1. The van der Waals surface area contributed by atoms with Gasteiger partial charge in [-0.2, -0.15) is 0 Å². The molecule has 0 unspecified atom stereocenters. The number of nitrogens with one attached hydrogen (secondary N) is 1. The smallest absolute Gasteiger partial charge is 0.251 e. The van der Waals surface area contributed by atoms with Crippen LogP contribution in [0, 0.1) is 0 Å². The molecule has 0 atom stereocenters. The van der Waals surface area contributed by atoms with Crippen LogP contribution in [0.25, 0.3) is 0 Å². The van der Waals surface area contributed by atoms with Gasteiger partial charge in [-0.05, 0) is 34.9 Å². The molecule has 0 spiro atoms. The van der Waals surface area contributed by atoms with E-state index in [2.05, 4.69) is 11.9 Å². The van der Waals surface area contributed by atoms with E-state index in [0.29, 0.717) is 43.4 Å². The number of hydrogen-bond donors (Lipinski definition) is 1. The molecule has 0 aliphatic carbocycles. The first kappa shape index (κ1) is 22.1. The molecule has 31 heavy (non-hydrogen) atoms. The lowest BCUT2D eigenvalue weighted by atomic mass is 10.1. The predicted octanol–water partition coefficient (Wildman–Crippen LogP) is 4.91. The van der Waals surface area contributed by atoms with Crippen molar-refractivity contribution in [3.63, 3.8) is 0 Å². The van der Waals surface area contributed by atoms with Gasteiger partial charge in [0, 0.05) is 12.1 Å². The molecule has 0 radical (unpaired) electrons. The van der Waals surface area contributed by atoms with E-state index in [1.54, 1.807) is 31.4 Å². The second kappa shape index (κ2) is 11.6. The molecule has 160 valence electrons. The predicted molar refractivity (Wildman–Crippen MR) is 121 cm³/mol. The lowest BCUT2D eigenvalue weighted by molar-refractivity contribution is 0.0950. The lowest BCUT2D eigenvalue weighted by Crippen LogP contribution is -2.22. The summed E-state index contributed by atoms with van der Waals surface area (Å²) >= 11 is 0.